The van der Waals surface area contributed by atoms with Crippen LogP contribution < -0.4 is 10.9 Å². The van der Waals surface area contributed by atoms with Crippen LogP contribution in [0.5, 0.6) is 0 Å². The van der Waals surface area contributed by atoms with Crippen molar-refractivity contribution in [3.05, 3.63) is 22.1 Å². The van der Waals surface area contributed by atoms with Gasteiger partial charge in [-0.2, -0.15) is 0 Å². The van der Waals surface area contributed by atoms with Gasteiger partial charge in [-0.05, 0) is 0 Å². The van der Waals surface area contributed by atoms with E-state index in [1.54, 1.807) is 20.8 Å². The standard InChI is InChI=1S/C12H15Br2N3O4/c1-11(2,3)8(19)17-10-15-6(5-7(18)16-10)12(13,14)9(20)21-4/h5H,1-4H3,(H2,15,16,17,18,19). The molecule has 0 fully saturated rings. The number of halogens is 2. The number of aromatic amines is 1. The van der Waals surface area contributed by atoms with Crippen molar-refractivity contribution in [3.8, 4) is 0 Å². The van der Waals surface area contributed by atoms with E-state index in [1.165, 1.54) is 7.11 Å². The monoisotopic (exact) mass is 423 g/mol. The molecule has 116 valence electrons. The third kappa shape index (κ3) is 4.37. The minimum atomic E-state index is -1.47. The Labute approximate surface area is 138 Å². The molecule has 0 aromatic carbocycles. The number of alkyl halides is 2. The largest absolute Gasteiger partial charge is 0.467 e. The molecule has 0 spiro atoms. The molecule has 0 atom stereocenters. The van der Waals surface area contributed by atoms with Gasteiger partial charge < -0.3 is 4.74 Å². The molecule has 1 heterocycles. The molecule has 2 N–H and O–H groups in total. The van der Waals surface area contributed by atoms with Gasteiger partial charge in [0.2, 0.25) is 15.1 Å². The molecule has 1 amide bonds. The van der Waals surface area contributed by atoms with Gasteiger partial charge in [0.1, 0.15) is 0 Å². The number of amides is 1. The predicted molar refractivity (Wildman–Crippen MR) is 84.5 cm³/mol. The molecule has 0 saturated heterocycles. The molecule has 0 aliphatic rings. The van der Waals surface area contributed by atoms with Crippen LogP contribution in [0, 0.1) is 5.41 Å². The number of H-pyrrole nitrogens is 1. The maximum absolute atomic E-state index is 11.9. The van der Waals surface area contributed by atoms with Crippen LogP contribution in [0.1, 0.15) is 26.5 Å². The lowest BCUT2D eigenvalue weighted by molar-refractivity contribution is -0.140. The van der Waals surface area contributed by atoms with Crippen LogP contribution in [-0.4, -0.2) is 29.0 Å². The summed E-state index contributed by atoms with van der Waals surface area (Å²) >= 11 is 6.21. The van der Waals surface area contributed by atoms with E-state index >= 15 is 0 Å². The fraction of sp³-hybridized carbons (Fsp3) is 0.500. The van der Waals surface area contributed by atoms with Crippen molar-refractivity contribution in [2.45, 2.75) is 24.0 Å². The van der Waals surface area contributed by atoms with Crippen molar-refractivity contribution in [1.82, 2.24) is 9.97 Å². The second kappa shape index (κ2) is 6.27. The van der Waals surface area contributed by atoms with Gasteiger partial charge in [0.25, 0.3) is 5.56 Å². The molecule has 0 unspecified atom stereocenters. The molecule has 0 aliphatic carbocycles. The van der Waals surface area contributed by atoms with Crippen LogP contribution in [0.2, 0.25) is 0 Å². The number of anilines is 1. The van der Waals surface area contributed by atoms with Gasteiger partial charge in [-0.3, -0.25) is 19.9 Å². The Morgan fingerprint density at radius 3 is 2.38 bits per heavy atom. The van der Waals surface area contributed by atoms with Crippen LogP contribution in [0.25, 0.3) is 0 Å². The molecule has 1 aromatic rings. The normalized spacial score (nSPS) is 11.9. The van der Waals surface area contributed by atoms with Crippen LogP contribution in [0.15, 0.2) is 10.9 Å². The van der Waals surface area contributed by atoms with E-state index in [-0.39, 0.29) is 17.5 Å². The SMILES string of the molecule is COC(=O)C(Br)(Br)c1cc(=O)[nH]c(NC(=O)C(C)(C)C)n1. The maximum atomic E-state index is 11.9. The second-order valence-corrected chi connectivity index (χ2v) is 8.69. The summed E-state index contributed by atoms with van der Waals surface area (Å²) in [5.74, 6) is -1.06. The first-order valence-electron chi connectivity index (χ1n) is 5.88. The Morgan fingerprint density at radius 2 is 1.90 bits per heavy atom. The highest BCUT2D eigenvalue weighted by molar-refractivity contribution is 9.25. The zero-order valence-corrected chi connectivity index (χ0v) is 15.1. The predicted octanol–water partition coefficient (Wildman–Crippen LogP) is 1.87. The van der Waals surface area contributed by atoms with Gasteiger partial charge in [0.05, 0.1) is 12.8 Å². The van der Waals surface area contributed by atoms with Crippen molar-refractivity contribution < 1.29 is 14.3 Å². The van der Waals surface area contributed by atoms with Crippen molar-refractivity contribution >= 4 is 49.7 Å². The molecule has 0 radical (unpaired) electrons. The maximum Gasteiger partial charge on any atom is 0.339 e. The van der Waals surface area contributed by atoms with Crippen molar-refractivity contribution in [1.29, 1.82) is 0 Å². The highest BCUT2D eigenvalue weighted by Crippen LogP contribution is 2.37. The van der Waals surface area contributed by atoms with Crippen LogP contribution in [-0.2, 0) is 17.6 Å². The number of esters is 1. The molecule has 1 aromatic heterocycles. The molecule has 9 heteroatoms. The number of methoxy groups -OCH3 is 1. The third-order valence-electron chi connectivity index (χ3n) is 2.42. The first-order valence-corrected chi connectivity index (χ1v) is 7.46. The number of nitrogens with one attached hydrogen (secondary N) is 2. The van der Waals surface area contributed by atoms with Gasteiger partial charge in [-0.1, -0.05) is 52.6 Å². The number of hydrogen-bond acceptors (Lipinski definition) is 5. The van der Waals surface area contributed by atoms with E-state index in [2.05, 4.69) is 51.9 Å². The fourth-order valence-electron chi connectivity index (χ4n) is 1.21. The van der Waals surface area contributed by atoms with E-state index in [0.717, 1.165) is 6.07 Å². The Balaban J connectivity index is 3.20. The zero-order chi connectivity index (χ0) is 16.4. The fourth-order valence-corrected chi connectivity index (χ4v) is 1.94. The summed E-state index contributed by atoms with van der Waals surface area (Å²) < 4.78 is 3.14. The molecule has 7 nitrogen and oxygen atoms in total. The lowest BCUT2D eigenvalue weighted by atomic mass is 9.96. The average molecular weight is 425 g/mol. The van der Waals surface area contributed by atoms with Gasteiger partial charge in [-0.25, -0.2) is 9.78 Å². The summed E-state index contributed by atoms with van der Waals surface area (Å²) in [5.41, 5.74) is -1.12. The summed E-state index contributed by atoms with van der Waals surface area (Å²) in [7, 11) is 1.20. The topological polar surface area (TPSA) is 101 Å². The average Bonchev–Trinajstić information content (AvgIpc) is 2.35. The number of nitrogens with zero attached hydrogens (tertiary/aromatic N) is 1. The molecule has 0 aliphatic heterocycles. The van der Waals surface area contributed by atoms with Gasteiger partial charge in [-0.15, -0.1) is 0 Å². The first kappa shape index (κ1) is 17.8. The first-order chi connectivity index (χ1) is 9.48. The lowest BCUT2D eigenvalue weighted by Crippen LogP contribution is -2.31. The summed E-state index contributed by atoms with van der Waals surface area (Å²) in [6.07, 6.45) is 0. The van der Waals surface area contributed by atoms with Crippen molar-refractivity contribution in [2.24, 2.45) is 5.41 Å². The number of hydrogen-bond donors (Lipinski definition) is 2. The van der Waals surface area contributed by atoms with Crippen LogP contribution in [0.4, 0.5) is 5.95 Å². The lowest BCUT2D eigenvalue weighted by Gasteiger charge is -2.19. The van der Waals surface area contributed by atoms with Crippen LogP contribution >= 0.6 is 31.9 Å². The minimum Gasteiger partial charge on any atom is -0.467 e. The zero-order valence-electron chi connectivity index (χ0n) is 11.9. The summed E-state index contributed by atoms with van der Waals surface area (Å²) in [5, 5.41) is 2.49. The van der Waals surface area contributed by atoms with E-state index < -0.39 is 20.2 Å². The van der Waals surface area contributed by atoms with Crippen molar-refractivity contribution in [3.63, 3.8) is 0 Å². The highest BCUT2D eigenvalue weighted by atomic mass is 79.9. The van der Waals surface area contributed by atoms with Gasteiger partial charge in [0, 0.05) is 11.5 Å². The van der Waals surface area contributed by atoms with E-state index in [4.69, 9.17) is 0 Å². The quantitative estimate of drug-likeness (QED) is 0.569. The Hall–Kier alpha value is -1.22. The summed E-state index contributed by atoms with van der Waals surface area (Å²) in [6, 6.07) is 1.12. The number of ether oxygens (including phenoxy) is 1. The summed E-state index contributed by atoms with van der Waals surface area (Å²) in [6.45, 7) is 5.16. The highest BCUT2D eigenvalue weighted by Gasteiger charge is 2.38. The smallest absolute Gasteiger partial charge is 0.339 e. The van der Waals surface area contributed by atoms with E-state index in [1.807, 2.05) is 0 Å². The number of carbonyl (C=O) groups excluding carboxylic acids is 2. The number of carbonyl (C=O) groups is 2. The third-order valence-corrected chi connectivity index (χ3v) is 3.88. The Bertz CT molecular complexity index is 620. The molecule has 0 bridgehead atoms. The summed E-state index contributed by atoms with van der Waals surface area (Å²) in [4.78, 5) is 41.7. The molecule has 0 saturated carbocycles. The van der Waals surface area contributed by atoms with Gasteiger partial charge >= 0.3 is 5.97 Å². The second-order valence-electron chi connectivity index (χ2n) is 5.25. The van der Waals surface area contributed by atoms with Crippen LogP contribution in [0.3, 0.4) is 0 Å². The molecule has 1 rings (SSSR count). The van der Waals surface area contributed by atoms with Gasteiger partial charge in [0.15, 0.2) is 0 Å². The number of rotatable bonds is 3. The van der Waals surface area contributed by atoms with E-state index in [9.17, 15) is 14.4 Å². The Kier molecular flexibility index (Phi) is 5.32. The molecular formula is C12H15Br2N3O4. The van der Waals surface area contributed by atoms with E-state index in [0.29, 0.717) is 0 Å². The van der Waals surface area contributed by atoms with Crippen molar-refractivity contribution in [2.75, 3.05) is 12.4 Å². The Morgan fingerprint density at radius 1 is 1.33 bits per heavy atom. The number of aromatic nitrogens is 2. The minimum absolute atomic E-state index is 0.0513. The molecular weight excluding hydrogens is 410 g/mol. The molecule has 21 heavy (non-hydrogen) atoms.